The molecule has 3 radical (unpaired) electrons. The summed E-state index contributed by atoms with van der Waals surface area (Å²) in [6.07, 6.45) is 0. The molecule has 0 atom stereocenters. The van der Waals surface area contributed by atoms with Gasteiger partial charge in [-0.05, 0) is 20.6 Å². The lowest BCUT2D eigenvalue weighted by atomic mass is 10.7. The molecule has 0 spiro atoms. The Labute approximate surface area is 41.9 Å². The van der Waals surface area contributed by atoms with E-state index < -0.39 is 0 Å². The van der Waals surface area contributed by atoms with Crippen LogP contribution < -0.4 is 0 Å². The van der Waals surface area contributed by atoms with E-state index in [0.717, 1.165) is 6.54 Å². The van der Waals surface area contributed by atoms with Crippen LogP contribution in [0.25, 0.3) is 0 Å². The van der Waals surface area contributed by atoms with Crippen molar-refractivity contribution in [3.63, 3.8) is 0 Å². The Morgan fingerprint density at radius 2 is 1.50 bits per heavy atom. The summed E-state index contributed by atoms with van der Waals surface area (Å²) < 4.78 is 0. The maximum Gasteiger partial charge on any atom is 0 e. The molecule has 1 nitrogen and oxygen atoms in total. The van der Waals surface area contributed by atoms with Crippen LogP contribution in [0.3, 0.4) is 0 Å². The topological polar surface area (TPSA) is 3.24 Å². The molecule has 0 heterocycles. The van der Waals surface area contributed by atoms with Gasteiger partial charge in [0.15, 0.2) is 0 Å². The third-order valence-corrected chi connectivity index (χ3v) is 0.632. The predicted molar refractivity (Wildman–Crippen MR) is 30.0 cm³/mol. The van der Waals surface area contributed by atoms with E-state index in [1.807, 2.05) is 0 Å². The summed E-state index contributed by atoms with van der Waals surface area (Å²) >= 11 is 0. The van der Waals surface area contributed by atoms with Crippen molar-refractivity contribution in [3.8, 4) is 0 Å². The fourth-order valence-corrected chi connectivity index (χ4v) is 0. The Hall–Kier alpha value is 0.0249. The maximum atomic E-state index is 2.12. The molecular weight excluding hydrogens is 72.9 g/mol. The highest BCUT2D eigenvalue weighted by molar-refractivity contribution is 5.75. The molecule has 0 rings (SSSR count). The molecule has 0 aliphatic carbocycles. The van der Waals surface area contributed by atoms with E-state index in [0.29, 0.717) is 0 Å². The van der Waals surface area contributed by atoms with Crippen LogP contribution in [-0.4, -0.2) is 34.0 Å². The highest BCUT2D eigenvalue weighted by atomic mass is 15.0. The Bertz CT molecular complexity index is 21.5. The second-order valence-electron chi connectivity index (χ2n) is 1.40. The molecule has 0 aliphatic rings. The third kappa shape index (κ3) is 8.98. The summed E-state index contributed by atoms with van der Waals surface area (Å²) in [5, 5.41) is 0. The molecule has 0 unspecified atom stereocenters. The van der Waals surface area contributed by atoms with Gasteiger partial charge in [0.1, 0.15) is 0 Å². The summed E-state index contributed by atoms with van der Waals surface area (Å²) in [5.41, 5.74) is 0. The predicted octanol–water partition coefficient (Wildman–Crippen LogP) is 0.187. The zero-order valence-electron chi connectivity index (χ0n) is 4.73. The van der Waals surface area contributed by atoms with Crippen molar-refractivity contribution in [2.75, 3.05) is 20.6 Å². The van der Waals surface area contributed by atoms with Gasteiger partial charge in [-0.1, -0.05) is 6.92 Å². The fraction of sp³-hybridized carbons (Fsp3) is 1.00. The molecule has 0 aromatic carbocycles. The molecule has 0 aromatic rings. The minimum atomic E-state index is 0. The van der Waals surface area contributed by atoms with Crippen LogP contribution in [0, 0.1) is 0 Å². The normalized spacial score (nSPS) is 8.00. The average molecular weight is 84.0 g/mol. The summed E-state index contributed by atoms with van der Waals surface area (Å²) in [5.74, 6) is 0. The molecule has 0 amide bonds. The zero-order valence-corrected chi connectivity index (χ0v) is 4.73. The Morgan fingerprint density at radius 3 is 1.50 bits per heavy atom. The van der Waals surface area contributed by atoms with E-state index in [1.54, 1.807) is 0 Å². The molecule has 0 aromatic heterocycles. The number of hydrogen-bond donors (Lipinski definition) is 0. The van der Waals surface area contributed by atoms with E-state index >= 15 is 0 Å². The highest BCUT2D eigenvalue weighted by Crippen LogP contribution is 1.63. The summed E-state index contributed by atoms with van der Waals surface area (Å²) in [6.45, 7) is 3.26. The average Bonchev–Trinajstić information content (AvgIpc) is 1.38. The van der Waals surface area contributed by atoms with Crippen LogP contribution in [0.1, 0.15) is 6.92 Å². The van der Waals surface area contributed by atoms with Gasteiger partial charge in [-0.2, -0.15) is 0 Å². The Kier molecular flexibility index (Phi) is 7.86. The van der Waals surface area contributed by atoms with E-state index in [4.69, 9.17) is 0 Å². The lowest BCUT2D eigenvalue weighted by molar-refractivity contribution is 0.434. The number of hydrogen-bond acceptors (Lipinski definition) is 1. The second-order valence-corrected chi connectivity index (χ2v) is 1.40. The van der Waals surface area contributed by atoms with Crippen molar-refractivity contribution in [2.24, 2.45) is 0 Å². The van der Waals surface area contributed by atoms with Gasteiger partial charge in [-0.25, -0.2) is 0 Å². The monoisotopic (exact) mass is 84.1 g/mol. The first-order valence-corrected chi connectivity index (χ1v) is 1.92. The Morgan fingerprint density at radius 1 is 1.33 bits per heavy atom. The molecule has 0 fully saturated rings. The van der Waals surface area contributed by atoms with Gasteiger partial charge < -0.3 is 4.90 Å². The van der Waals surface area contributed by atoms with Crippen LogP contribution in [-0.2, 0) is 0 Å². The first-order chi connectivity index (χ1) is 2.27. The zero-order chi connectivity index (χ0) is 4.28. The lowest BCUT2D eigenvalue weighted by Crippen LogP contribution is -2.08. The molecule has 0 N–H and O–H groups in total. The van der Waals surface area contributed by atoms with Gasteiger partial charge in [-0.15, -0.1) is 0 Å². The van der Waals surface area contributed by atoms with Crippen LogP contribution in [0.4, 0.5) is 0 Å². The van der Waals surface area contributed by atoms with Gasteiger partial charge in [0.25, 0.3) is 0 Å². The fourth-order valence-electron chi connectivity index (χ4n) is 0. The summed E-state index contributed by atoms with van der Waals surface area (Å²) in [4.78, 5) is 2.12. The largest absolute Gasteiger partial charge is 0.310 e. The first kappa shape index (κ1) is 9.39. The van der Waals surface area contributed by atoms with Crippen molar-refractivity contribution in [1.82, 2.24) is 4.90 Å². The molecule has 6 heavy (non-hydrogen) atoms. The molecular formula is C4H11BN. The van der Waals surface area contributed by atoms with E-state index in [9.17, 15) is 0 Å². The van der Waals surface area contributed by atoms with Crippen molar-refractivity contribution in [2.45, 2.75) is 6.92 Å². The van der Waals surface area contributed by atoms with Gasteiger partial charge in [0.05, 0.1) is 0 Å². The first-order valence-electron chi connectivity index (χ1n) is 1.92. The van der Waals surface area contributed by atoms with Crippen molar-refractivity contribution >= 4 is 8.41 Å². The van der Waals surface area contributed by atoms with E-state index in [2.05, 4.69) is 25.9 Å². The van der Waals surface area contributed by atoms with Crippen LogP contribution in [0.5, 0.6) is 0 Å². The second kappa shape index (κ2) is 5.02. The highest BCUT2D eigenvalue weighted by Gasteiger charge is 1.72. The number of nitrogens with zero attached hydrogens (tertiary/aromatic N) is 1. The van der Waals surface area contributed by atoms with E-state index in [-0.39, 0.29) is 8.41 Å². The third-order valence-electron chi connectivity index (χ3n) is 0.632. The standard InChI is InChI=1S/C4H11N.B/c1-4-5(2)3;/h4H2,1-3H3;. The minimum absolute atomic E-state index is 0. The number of rotatable bonds is 1. The Balaban J connectivity index is 0. The molecule has 0 saturated carbocycles. The van der Waals surface area contributed by atoms with Crippen molar-refractivity contribution < 1.29 is 0 Å². The van der Waals surface area contributed by atoms with Gasteiger partial charge in [0.2, 0.25) is 0 Å². The maximum absolute atomic E-state index is 2.12. The quantitative estimate of drug-likeness (QED) is 0.410. The molecule has 0 bridgehead atoms. The van der Waals surface area contributed by atoms with Gasteiger partial charge >= 0.3 is 0 Å². The molecule has 35 valence electrons. The van der Waals surface area contributed by atoms with Crippen LogP contribution in [0.2, 0.25) is 0 Å². The summed E-state index contributed by atoms with van der Waals surface area (Å²) in [7, 11) is 4.11. The van der Waals surface area contributed by atoms with Crippen LogP contribution in [0.15, 0.2) is 0 Å². The smallest absolute Gasteiger partial charge is 0 e. The van der Waals surface area contributed by atoms with E-state index in [1.165, 1.54) is 0 Å². The minimum Gasteiger partial charge on any atom is -0.310 e. The van der Waals surface area contributed by atoms with Crippen molar-refractivity contribution in [1.29, 1.82) is 0 Å². The van der Waals surface area contributed by atoms with Crippen LogP contribution >= 0.6 is 0 Å². The molecule has 0 saturated heterocycles. The van der Waals surface area contributed by atoms with Gasteiger partial charge in [-0.3, -0.25) is 0 Å². The summed E-state index contributed by atoms with van der Waals surface area (Å²) in [6, 6.07) is 0. The van der Waals surface area contributed by atoms with Gasteiger partial charge in [0, 0.05) is 8.41 Å². The lowest BCUT2D eigenvalue weighted by Gasteiger charge is -2.00. The van der Waals surface area contributed by atoms with Crippen molar-refractivity contribution in [3.05, 3.63) is 0 Å². The molecule has 0 aliphatic heterocycles. The molecule has 2 heteroatoms. The SMILES string of the molecule is CCN(C)C.[B].